The SMILES string of the molecule is Nc1nc(=S)nc(Nc2ccc(Cl)cc2)[nH]1. The van der Waals surface area contributed by atoms with E-state index in [1.54, 1.807) is 12.1 Å². The van der Waals surface area contributed by atoms with Gasteiger partial charge in [0.25, 0.3) is 0 Å². The fourth-order valence-electron chi connectivity index (χ4n) is 1.13. The Morgan fingerprint density at radius 2 is 1.94 bits per heavy atom. The molecule has 5 nitrogen and oxygen atoms in total. The maximum Gasteiger partial charge on any atom is 0.225 e. The third-order valence-electron chi connectivity index (χ3n) is 1.78. The number of H-pyrrole nitrogens is 1. The molecule has 0 amide bonds. The van der Waals surface area contributed by atoms with Gasteiger partial charge >= 0.3 is 0 Å². The van der Waals surface area contributed by atoms with Crippen LogP contribution in [0.4, 0.5) is 17.6 Å². The summed E-state index contributed by atoms with van der Waals surface area (Å²) in [7, 11) is 0. The summed E-state index contributed by atoms with van der Waals surface area (Å²) in [5, 5.41) is 3.67. The van der Waals surface area contributed by atoms with Crippen molar-refractivity contribution in [3.63, 3.8) is 0 Å². The van der Waals surface area contributed by atoms with Gasteiger partial charge in [-0.3, -0.25) is 4.98 Å². The molecule has 0 aliphatic carbocycles. The van der Waals surface area contributed by atoms with Crippen LogP contribution in [0, 0.1) is 4.77 Å². The quantitative estimate of drug-likeness (QED) is 0.717. The number of aromatic nitrogens is 3. The molecule has 7 heteroatoms. The fourth-order valence-corrected chi connectivity index (χ4v) is 1.45. The van der Waals surface area contributed by atoms with Crippen molar-refractivity contribution in [2.24, 2.45) is 0 Å². The first-order valence-electron chi connectivity index (χ1n) is 4.40. The Hall–Kier alpha value is -1.66. The van der Waals surface area contributed by atoms with Gasteiger partial charge in [-0.25, -0.2) is 0 Å². The molecule has 0 unspecified atom stereocenters. The normalized spacial score (nSPS) is 10.1. The molecule has 0 fully saturated rings. The number of benzene rings is 1. The van der Waals surface area contributed by atoms with Crippen LogP contribution in [0.2, 0.25) is 5.02 Å². The van der Waals surface area contributed by atoms with E-state index in [0.717, 1.165) is 5.69 Å². The van der Waals surface area contributed by atoms with E-state index in [4.69, 9.17) is 29.6 Å². The van der Waals surface area contributed by atoms with Gasteiger partial charge in [-0.2, -0.15) is 9.97 Å². The molecule has 1 aromatic carbocycles. The minimum absolute atomic E-state index is 0.188. The molecule has 0 radical (unpaired) electrons. The number of hydrogen-bond donors (Lipinski definition) is 3. The van der Waals surface area contributed by atoms with Gasteiger partial charge in [-0.1, -0.05) is 11.6 Å². The molecule has 0 bridgehead atoms. The molecule has 0 aliphatic rings. The molecule has 1 heterocycles. The highest BCUT2D eigenvalue weighted by Gasteiger charge is 1.98. The summed E-state index contributed by atoms with van der Waals surface area (Å²) in [5.41, 5.74) is 6.33. The zero-order valence-corrected chi connectivity index (χ0v) is 9.64. The first kappa shape index (κ1) is 10.8. The standard InChI is InChI=1S/C9H8ClN5S/c10-5-1-3-6(4-2-5)12-8-13-7(11)14-9(16)15-8/h1-4H,(H4,11,12,13,14,15,16). The Labute approximate surface area is 102 Å². The molecule has 0 aliphatic heterocycles. The largest absolute Gasteiger partial charge is 0.369 e. The van der Waals surface area contributed by atoms with E-state index in [1.165, 1.54) is 0 Å². The van der Waals surface area contributed by atoms with Gasteiger partial charge in [0.1, 0.15) is 0 Å². The van der Waals surface area contributed by atoms with Crippen molar-refractivity contribution in [3.8, 4) is 0 Å². The first-order valence-corrected chi connectivity index (χ1v) is 5.18. The molecule has 2 rings (SSSR count). The van der Waals surface area contributed by atoms with Crippen LogP contribution in [-0.4, -0.2) is 15.0 Å². The predicted molar refractivity (Wildman–Crippen MR) is 66.4 cm³/mol. The van der Waals surface area contributed by atoms with Gasteiger partial charge in [-0.15, -0.1) is 0 Å². The van der Waals surface area contributed by atoms with Crippen LogP contribution in [0.1, 0.15) is 0 Å². The van der Waals surface area contributed by atoms with Crippen molar-refractivity contribution in [1.82, 2.24) is 15.0 Å². The number of rotatable bonds is 2. The summed E-state index contributed by atoms with van der Waals surface area (Å²) >= 11 is 10.6. The second kappa shape index (κ2) is 4.46. The van der Waals surface area contributed by atoms with Crippen LogP contribution < -0.4 is 11.1 Å². The molecular weight excluding hydrogens is 246 g/mol. The van der Waals surface area contributed by atoms with E-state index in [2.05, 4.69) is 20.3 Å². The smallest absolute Gasteiger partial charge is 0.225 e. The zero-order valence-electron chi connectivity index (χ0n) is 8.07. The summed E-state index contributed by atoms with van der Waals surface area (Å²) in [6.07, 6.45) is 0. The Morgan fingerprint density at radius 1 is 1.25 bits per heavy atom. The highest BCUT2D eigenvalue weighted by molar-refractivity contribution is 7.71. The molecule has 1 aromatic heterocycles. The van der Waals surface area contributed by atoms with Crippen molar-refractivity contribution < 1.29 is 0 Å². The van der Waals surface area contributed by atoms with Crippen molar-refractivity contribution in [1.29, 1.82) is 0 Å². The van der Waals surface area contributed by atoms with Crippen molar-refractivity contribution in [3.05, 3.63) is 34.1 Å². The van der Waals surface area contributed by atoms with Gasteiger partial charge < -0.3 is 11.1 Å². The van der Waals surface area contributed by atoms with Gasteiger partial charge in [-0.05, 0) is 36.5 Å². The van der Waals surface area contributed by atoms with E-state index >= 15 is 0 Å². The Morgan fingerprint density at radius 3 is 2.56 bits per heavy atom. The lowest BCUT2D eigenvalue weighted by molar-refractivity contribution is 1.05. The number of nitrogens with two attached hydrogens (primary N) is 1. The second-order valence-corrected chi connectivity index (χ2v) is 3.80. The van der Waals surface area contributed by atoms with Crippen LogP contribution in [0.25, 0.3) is 0 Å². The van der Waals surface area contributed by atoms with E-state index < -0.39 is 0 Å². The maximum absolute atomic E-state index is 5.77. The van der Waals surface area contributed by atoms with Gasteiger partial charge in [0.2, 0.25) is 16.7 Å². The summed E-state index contributed by atoms with van der Waals surface area (Å²) in [6.45, 7) is 0. The van der Waals surface area contributed by atoms with Crippen LogP contribution in [-0.2, 0) is 0 Å². The molecule has 82 valence electrons. The Bertz CT molecular complexity index is 551. The maximum atomic E-state index is 5.77. The van der Waals surface area contributed by atoms with Crippen LogP contribution in [0.15, 0.2) is 24.3 Å². The molecule has 0 spiro atoms. The lowest BCUT2D eigenvalue weighted by atomic mass is 10.3. The minimum atomic E-state index is 0.188. The average Bonchev–Trinajstić information content (AvgIpc) is 2.20. The van der Waals surface area contributed by atoms with Crippen molar-refractivity contribution in [2.45, 2.75) is 0 Å². The highest BCUT2D eigenvalue weighted by Crippen LogP contribution is 2.16. The molecule has 0 saturated heterocycles. The van der Waals surface area contributed by atoms with Crippen LogP contribution >= 0.6 is 23.8 Å². The fraction of sp³-hybridized carbons (Fsp3) is 0. The van der Waals surface area contributed by atoms with Gasteiger partial charge in [0, 0.05) is 10.7 Å². The molecule has 0 saturated carbocycles. The van der Waals surface area contributed by atoms with Crippen molar-refractivity contribution in [2.75, 3.05) is 11.1 Å². The van der Waals surface area contributed by atoms with Crippen LogP contribution in [0.3, 0.4) is 0 Å². The number of anilines is 3. The topological polar surface area (TPSA) is 79.6 Å². The number of nitrogens with one attached hydrogen (secondary N) is 2. The Kier molecular flexibility index (Phi) is 3.02. The van der Waals surface area contributed by atoms with E-state index in [9.17, 15) is 0 Å². The lowest BCUT2D eigenvalue weighted by Crippen LogP contribution is -2.02. The second-order valence-electron chi connectivity index (χ2n) is 3.00. The van der Waals surface area contributed by atoms with Crippen LogP contribution in [0.5, 0.6) is 0 Å². The molecule has 2 aromatic rings. The van der Waals surface area contributed by atoms with Crippen molar-refractivity contribution >= 4 is 41.4 Å². The molecule has 0 atom stereocenters. The van der Waals surface area contributed by atoms with Gasteiger partial charge in [0.05, 0.1) is 0 Å². The summed E-state index contributed by atoms with van der Waals surface area (Å²) in [5.74, 6) is 0.663. The summed E-state index contributed by atoms with van der Waals surface area (Å²) in [4.78, 5) is 10.5. The predicted octanol–water partition coefficient (Wildman–Crippen LogP) is 2.51. The van der Waals surface area contributed by atoms with E-state index in [-0.39, 0.29) is 10.7 Å². The van der Waals surface area contributed by atoms with E-state index in [0.29, 0.717) is 11.0 Å². The average molecular weight is 254 g/mol. The monoisotopic (exact) mass is 253 g/mol. The minimum Gasteiger partial charge on any atom is -0.369 e. The Balaban J connectivity index is 2.26. The molecular formula is C9H8ClN5S. The number of nitrogens with zero attached hydrogens (tertiary/aromatic N) is 2. The number of nitrogen functional groups attached to an aromatic ring is 1. The molecule has 16 heavy (non-hydrogen) atoms. The van der Waals surface area contributed by atoms with Gasteiger partial charge in [0.15, 0.2) is 0 Å². The number of aromatic amines is 1. The zero-order chi connectivity index (χ0) is 11.5. The third kappa shape index (κ3) is 2.68. The number of halogens is 1. The molecule has 4 N–H and O–H groups in total. The highest BCUT2D eigenvalue weighted by atomic mass is 35.5. The number of hydrogen-bond acceptors (Lipinski definition) is 5. The third-order valence-corrected chi connectivity index (χ3v) is 2.21. The summed E-state index contributed by atoms with van der Waals surface area (Å²) in [6, 6.07) is 7.17. The lowest BCUT2D eigenvalue weighted by Gasteiger charge is -2.05. The van der Waals surface area contributed by atoms with E-state index in [1.807, 2.05) is 12.1 Å². The summed E-state index contributed by atoms with van der Waals surface area (Å²) < 4.78 is 0.188. The first-order chi connectivity index (χ1) is 7.63.